The molecule has 8 nitrogen and oxygen atoms in total. The number of hydrogen-bond acceptors (Lipinski definition) is 5. The normalized spacial score (nSPS) is 14.6. The predicted molar refractivity (Wildman–Crippen MR) is 138 cm³/mol. The van der Waals surface area contributed by atoms with E-state index < -0.39 is 23.4 Å². The van der Waals surface area contributed by atoms with Gasteiger partial charge in [0.2, 0.25) is 0 Å². The van der Waals surface area contributed by atoms with Crippen molar-refractivity contribution in [3.63, 3.8) is 0 Å². The molecule has 2 aromatic heterocycles. The number of fused-ring (bicyclic) bond motifs is 1. The van der Waals surface area contributed by atoms with Crippen molar-refractivity contribution in [3.8, 4) is 11.5 Å². The molecule has 0 atom stereocenters. The second kappa shape index (κ2) is 11.2. The average Bonchev–Trinajstić information content (AvgIpc) is 3.12. The molecule has 4 rings (SSSR count). The molecule has 0 aliphatic carbocycles. The van der Waals surface area contributed by atoms with Crippen LogP contribution in [0.1, 0.15) is 6.92 Å². The second-order valence-corrected chi connectivity index (χ2v) is 13.2. The number of nitrogens with zero attached hydrogens (tertiary/aromatic N) is 2. The fourth-order valence-electron chi connectivity index (χ4n) is 3.62. The molecule has 3 aromatic rings. The summed E-state index contributed by atoms with van der Waals surface area (Å²) >= 11 is 3.49. The quantitative estimate of drug-likeness (QED) is 0.235. The lowest BCUT2D eigenvalue weighted by Gasteiger charge is -2.37. The van der Waals surface area contributed by atoms with E-state index in [1.54, 1.807) is 10.8 Å². The van der Waals surface area contributed by atoms with Crippen LogP contribution in [-0.4, -0.2) is 50.7 Å². The van der Waals surface area contributed by atoms with Gasteiger partial charge >= 0.3 is 6.03 Å². The average molecular weight is 582 g/mol. The van der Waals surface area contributed by atoms with Crippen LogP contribution in [0, 0.1) is 17.0 Å². The topological polar surface area (TPSA) is 86.6 Å². The van der Waals surface area contributed by atoms with Crippen molar-refractivity contribution in [3.05, 3.63) is 46.7 Å². The lowest BCUT2D eigenvalue weighted by Crippen LogP contribution is -2.49. The number of aromatic nitrogens is 2. The maximum absolute atomic E-state index is 14.9. The molecular formula is C24H28BrF2N4O4Si. The highest BCUT2D eigenvalue weighted by atomic mass is 79.9. The van der Waals surface area contributed by atoms with E-state index in [0.717, 1.165) is 18.2 Å². The van der Waals surface area contributed by atoms with Crippen LogP contribution >= 0.6 is 15.9 Å². The van der Waals surface area contributed by atoms with Crippen LogP contribution in [0.2, 0.25) is 19.1 Å². The van der Waals surface area contributed by atoms with Gasteiger partial charge in [-0.15, -0.1) is 0 Å². The standard InChI is InChI=1S/C24H28BrF2N4O4Si/c1-24(12-34-13-24)11-29-23(32)30-15-8-17(26)21(18(27)9-15)35-19-4-5-28-22-20(19)16(25)10-31(22)14-33-6-7-36(2)3/h4-5,8-10H,6-7,11-14H2,1-3H3,(H2,29,30,32). The minimum absolute atomic E-state index is 0.0298. The molecule has 1 radical (unpaired) electrons. The highest BCUT2D eigenvalue weighted by molar-refractivity contribution is 9.10. The van der Waals surface area contributed by atoms with Crippen molar-refractivity contribution in [2.24, 2.45) is 5.41 Å². The van der Waals surface area contributed by atoms with Gasteiger partial charge in [0.05, 0.1) is 18.6 Å². The first-order chi connectivity index (χ1) is 17.1. The van der Waals surface area contributed by atoms with Gasteiger partial charge in [0, 0.05) is 62.0 Å². The van der Waals surface area contributed by atoms with Crippen molar-refractivity contribution < 1.29 is 27.8 Å². The monoisotopic (exact) mass is 581 g/mol. The van der Waals surface area contributed by atoms with Crippen LogP contribution in [0.3, 0.4) is 0 Å². The zero-order valence-electron chi connectivity index (χ0n) is 20.3. The van der Waals surface area contributed by atoms with Crippen LogP contribution in [0.15, 0.2) is 35.1 Å². The summed E-state index contributed by atoms with van der Waals surface area (Å²) in [6.45, 7) is 8.87. The van der Waals surface area contributed by atoms with Crippen molar-refractivity contribution in [1.29, 1.82) is 0 Å². The van der Waals surface area contributed by atoms with Gasteiger partial charge in [-0.3, -0.25) is 0 Å². The number of benzene rings is 1. The molecule has 1 aliphatic rings. The Kier molecular flexibility index (Phi) is 8.28. The number of carbonyl (C=O) groups excluding carboxylic acids is 1. The van der Waals surface area contributed by atoms with Crippen LogP contribution in [0.5, 0.6) is 11.5 Å². The SMILES string of the molecule is C[Si](C)CCOCn1cc(Br)c2c(Oc3c(F)cc(NC(=O)NCC4(C)COC4)cc3F)ccnc21. The highest BCUT2D eigenvalue weighted by Crippen LogP contribution is 2.37. The molecule has 0 spiro atoms. The molecule has 1 fully saturated rings. The summed E-state index contributed by atoms with van der Waals surface area (Å²) in [6, 6.07) is 4.02. The smallest absolute Gasteiger partial charge is 0.319 e. The minimum atomic E-state index is -0.953. The number of carbonyl (C=O) groups is 1. The molecule has 0 unspecified atom stereocenters. The number of halogens is 3. The van der Waals surface area contributed by atoms with Gasteiger partial charge in [-0.25, -0.2) is 18.6 Å². The molecule has 3 heterocycles. The third kappa shape index (κ3) is 6.23. The lowest BCUT2D eigenvalue weighted by molar-refractivity contribution is -0.0974. The molecule has 1 saturated heterocycles. The third-order valence-electron chi connectivity index (χ3n) is 5.69. The number of rotatable bonds is 10. The number of urea groups is 1. The minimum Gasteiger partial charge on any atom is -0.450 e. The largest absolute Gasteiger partial charge is 0.450 e. The Morgan fingerprint density at radius 1 is 1.31 bits per heavy atom. The number of anilines is 1. The van der Waals surface area contributed by atoms with Crippen molar-refractivity contribution in [1.82, 2.24) is 14.9 Å². The molecule has 1 aromatic carbocycles. The Labute approximate surface area is 218 Å². The first-order valence-corrected chi connectivity index (χ1v) is 14.9. The van der Waals surface area contributed by atoms with E-state index in [-0.39, 0.29) is 25.6 Å². The molecule has 1 aliphatic heterocycles. The van der Waals surface area contributed by atoms with E-state index >= 15 is 0 Å². The van der Waals surface area contributed by atoms with Gasteiger partial charge in [-0.05, 0) is 28.0 Å². The Balaban J connectivity index is 1.47. The summed E-state index contributed by atoms with van der Waals surface area (Å²) in [7, 11) is -0.373. The molecule has 36 heavy (non-hydrogen) atoms. The summed E-state index contributed by atoms with van der Waals surface area (Å²) in [5.41, 5.74) is 0.396. The molecule has 12 heteroatoms. The third-order valence-corrected chi connectivity index (χ3v) is 7.50. The Morgan fingerprint density at radius 2 is 2.03 bits per heavy atom. The number of pyridine rings is 1. The van der Waals surface area contributed by atoms with Gasteiger partial charge in [-0.1, -0.05) is 20.0 Å². The van der Waals surface area contributed by atoms with Gasteiger partial charge < -0.3 is 29.4 Å². The molecule has 0 bridgehead atoms. The predicted octanol–water partition coefficient (Wildman–Crippen LogP) is 5.76. The Bertz CT molecular complexity index is 1230. The fourth-order valence-corrected chi connectivity index (χ4v) is 4.79. The van der Waals surface area contributed by atoms with E-state index in [0.29, 0.717) is 48.6 Å². The number of nitrogens with one attached hydrogen (secondary N) is 2. The maximum atomic E-state index is 14.9. The number of ether oxygens (including phenoxy) is 3. The number of amides is 2. The van der Waals surface area contributed by atoms with E-state index in [4.69, 9.17) is 14.2 Å². The van der Waals surface area contributed by atoms with Crippen LogP contribution < -0.4 is 15.4 Å². The van der Waals surface area contributed by atoms with Crippen molar-refractivity contribution in [2.75, 3.05) is 31.7 Å². The van der Waals surface area contributed by atoms with Gasteiger partial charge in [0.25, 0.3) is 0 Å². The van der Waals surface area contributed by atoms with Gasteiger partial charge in [0.15, 0.2) is 17.4 Å². The molecule has 2 amide bonds. The summed E-state index contributed by atoms with van der Waals surface area (Å²) < 4.78 is 48.8. The van der Waals surface area contributed by atoms with Crippen LogP contribution in [0.25, 0.3) is 11.0 Å². The van der Waals surface area contributed by atoms with E-state index in [1.807, 2.05) is 6.92 Å². The molecule has 193 valence electrons. The van der Waals surface area contributed by atoms with Gasteiger partial charge in [0.1, 0.15) is 18.1 Å². The second-order valence-electron chi connectivity index (χ2n) is 9.43. The van der Waals surface area contributed by atoms with E-state index in [1.165, 1.54) is 12.3 Å². The lowest BCUT2D eigenvalue weighted by atomic mass is 9.89. The Morgan fingerprint density at radius 3 is 2.67 bits per heavy atom. The van der Waals surface area contributed by atoms with E-state index in [9.17, 15) is 13.6 Å². The van der Waals surface area contributed by atoms with Crippen molar-refractivity contribution >= 4 is 47.5 Å². The van der Waals surface area contributed by atoms with Crippen LogP contribution in [-0.2, 0) is 16.2 Å². The zero-order valence-corrected chi connectivity index (χ0v) is 22.9. The first kappa shape index (κ1) is 26.5. The highest BCUT2D eigenvalue weighted by Gasteiger charge is 2.33. The molecule has 0 saturated carbocycles. The molecule has 2 N–H and O–H groups in total. The van der Waals surface area contributed by atoms with E-state index in [2.05, 4.69) is 44.6 Å². The maximum Gasteiger partial charge on any atom is 0.319 e. The summed E-state index contributed by atoms with van der Waals surface area (Å²) in [5.74, 6) is -2.26. The van der Waals surface area contributed by atoms with Gasteiger partial charge in [-0.2, -0.15) is 0 Å². The van der Waals surface area contributed by atoms with Crippen LogP contribution in [0.4, 0.5) is 19.3 Å². The van der Waals surface area contributed by atoms with Crippen molar-refractivity contribution in [2.45, 2.75) is 32.8 Å². The zero-order chi connectivity index (χ0) is 25.9. The summed E-state index contributed by atoms with van der Waals surface area (Å²) in [4.78, 5) is 16.5. The molecular weight excluding hydrogens is 554 g/mol. The number of hydrogen-bond donors (Lipinski definition) is 2. The first-order valence-electron chi connectivity index (χ1n) is 11.4. The fraction of sp³-hybridized carbons (Fsp3) is 0.417. The summed E-state index contributed by atoms with van der Waals surface area (Å²) in [5, 5.41) is 5.70. The Hall–Kier alpha value is -2.54. The summed E-state index contributed by atoms with van der Waals surface area (Å²) in [6.07, 6.45) is 3.30.